The number of H-pyrrole nitrogens is 1. The van der Waals surface area contributed by atoms with E-state index in [-0.39, 0.29) is 0 Å². The molecule has 2 heteroatoms. The molecule has 0 unspecified atom stereocenters. The van der Waals surface area contributed by atoms with Crippen molar-refractivity contribution in [1.82, 2.24) is 0 Å². The molecule has 0 saturated carbocycles. The van der Waals surface area contributed by atoms with Gasteiger partial charge >= 0.3 is 0 Å². The zero-order valence-corrected chi connectivity index (χ0v) is 12.7. The van der Waals surface area contributed by atoms with Gasteiger partial charge in [-0.25, -0.2) is 4.98 Å². The quantitative estimate of drug-likeness (QED) is 0.777. The Morgan fingerprint density at radius 3 is 2.64 bits per heavy atom. The first kappa shape index (κ1) is 13.3. The summed E-state index contributed by atoms with van der Waals surface area (Å²) in [6.07, 6.45) is 4.68. The Hall–Kier alpha value is -2.35. The fraction of sp³-hybridized carbons (Fsp3) is 0.250. The average Bonchev–Trinajstić information content (AvgIpc) is 3.03. The number of hydrogen-bond acceptors (Lipinski definition) is 1. The third-order valence-electron chi connectivity index (χ3n) is 4.56. The maximum atomic E-state index is 3.72. The number of pyridine rings is 1. The summed E-state index contributed by atoms with van der Waals surface area (Å²) in [5, 5.41) is 5.03. The maximum absolute atomic E-state index is 3.72. The zero-order chi connectivity index (χ0) is 14.8. The van der Waals surface area contributed by atoms with Gasteiger partial charge in [-0.15, -0.1) is 0 Å². The van der Waals surface area contributed by atoms with Gasteiger partial charge in [0, 0.05) is 24.6 Å². The number of aromatic nitrogens is 1. The first-order chi connectivity index (χ1) is 10.9. The van der Waals surface area contributed by atoms with E-state index in [9.17, 15) is 0 Å². The van der Waals surface area contributed by atoms with E-state index in [2.05, 4.69) is 64.9 Å². The summed E-state index contributed by atoms with van der Waals surface area (Å²) in [5.74, 6) is 0. The minimum absolute atomic E-state index is 0.977. The van der Waals surface area contributed by atoms with Gasteiger partial charge in [0.05, 0.1) is 11.1 Å². The first-order valence-electron chi connectivity index (χ1n) is 8.15. The van der Waals surface area contributed by atoms with Crippen LogP contribution in [0.15, 0.2) is 54.6 Å². The lowest BCUT2D eigenvalue weighted by molar-refractivity contribution is -0.356. The van der Waals surface area contributed by atoms with Crippen LogP contribution in [0.25, 0.3) is 10.9 Å². The monoisotopic (exact) mass is 289 g/mol. The van der Waals surface area contributed by atoms with Crippen LogP contribution in [0.4, 0.5) is 5.69 Å². The van der Waals surface area contributed by atoms with E-state index in [1.165, 1.54) is 52.7 Å². The summed E-state index contributed by atoms with van der Waals surface area (Å²) < 4.78 is 0. The molecular formula is C20H21N2+. The molecule has 1 aromatic heterocycles. The van der Waals surface area contributed by atoms with Gasteiger partial charge in [0.2, 0.25) is 5.52 Å². The molecule has 2 N–H and O–H groups in total. The van der Waals surface area contributed by atoms with Crippen LogP contribution in [0.5, 0.6) is 0 Å². The molecule has 0 radical (unpaired) electrons. The van der Waals surface area contributed by atoms with Gasteiger partial charge < -0.3 is 5.32 Å². The van der Waals surface area contributed by atoms with E-state index in [1.54, 1.807) is 0 Å². The van der Waals surface area contributed by atoms with Gasteiger partial charge in [-0.3, -0.25) is 0 Å². The molecule has 3 aromatic rings. The number of aromatic amines is 1. The van der Waals surface area contributed by atoms with Crippen LogP contribution in [0, 0.1) is 0 Å². The van der Waals surface area contributed by atoms with Crippen LogP contribution in [-0.4, -0.2) is 6.54 Å². The van der Waals surface area contributed by atoms with Crippen LogP contribution >= 0.6 is 0 Å². The first-order valence-corrected chi connectivity index (χ1v) is 8.15. The van der Waals surface area contributed by atoms with Crippen molar-refractivity contribution in [2.45, 2.75) is 25.7 Å². The van der Waals surface area contributed by atoms with Crippen LogP contribution in [0.3, 0.4) is 0 Å². The Bertz CT molecular complexity index is 793. The van der Waals surface area contributed by atoms with Gasteiger partial charge in [0.25, 0.3) is 0 Å². The fourth-order valence-electron chi connectivity index (χ4n) is 3.47. The number of aryl methyl sites for hydroxylation is 1. The number of anilines is 1. The Balaban J connectivity index is 1.63. The second-order valence-corrected chi connectivity index (χ2v) is 6.02. The number of nitrogens with one attached hydrogen (secondary N) is 2. The molecule has 0 spiro atoms. The minimum Gasteiger partial charge on any atom is -0.384 e. The van der Waals surface area contributed by atoms with E-state index in [4.69, 9.17) is 0 Å². The molecule has 110 valence electrons. The predicted molar refractivity (Wildman–Crippen MR) is 91.2 cm³/mol. The summed E-state index contributed by atoms with van der Waals surface area (Å²) in [6.45, 7) is 0.977. The Kier molecular flexibility index (Phi) is 3.51. The van der Waals surface area contributed by atoms with Gasteiger partial charge in [-0.2, -0.15) is 0 Å². The summed E-state index contributed by atoms with van der Waals surface area (Å²) in [6, 6.07) is 19.3. The van der Waals surface area contributed by atoms with Gasteiger partial charge in [-0.1, -0.05) is 42.5 Å². The molecule has 0 saturated heterocycles. The highest BCUT2D eigenvalue weighted by atomic mass is 14.9. The number of fused-ring (bicyclic) bond motifs is 2. The number of para-hydroxylation sites is 1. The molecule has 0 amide bonds. The Morgan fingerprint density at radius 1 is 0.909 bits per heavy atom. The van der Waals surface area contributed by atoms with Crippen molar-refractivity contribution in [2.75, 3.05) is 11.9 Å². The van der Waals surface area contributed by atoms with E-state index in [1.807, 2.05) is 0 Å². The van der Waals surface area contributed by atoms with Crippen molar-refractivity contribution in [3.8, 4) is 0 Å². The van der Waals surface area contributed by atoms with Crippen molar-refractivity contribution < 1.29 is 4.98 Å². The van der Waals surface area contributed by atoms with E-state index in [0.29, 0.717) is 0 Å². The highest BCUT2D eigenvalue weighted by Crippen LogP contribution is 2.31. The van der Waals surface area contributed by atoms with Crippen LogP contribution in [0.1, 0.15) is 23.2 Å². The molecule has 0 atom stereocenters. The fourth-order valence-corrected chi connectivity index (χ4v) is 3.47. The normalized spacial score (nSPS) is 13.3. The van der Waals surface area contributed by atoms with E-state index < -0.39 is 0 Å². The van der Waals surface area contributed by atoms with Crippen LogP contribution < -0.4 is 10.3 Å². The average molecular weight is 289 g/mol. The maximum Gasteiger partial charge on any atom is 0.213 e. The number of benzene rings is 2. The molecule has 1 heterocycles. The third-order valence-corrected chi connectivity index (χ3v) is 4.56. The van der Waals surface area contributed by atoms with E-state index in [0.717, 1.165) is 13.0 Å². The molecule has 2 nitrogen and oxygen atoms in total. The van der Waals surface area contributed by atoms with Crippen molar-refractivity contribution in [3.05, 3.63) is 71.4 Å². The van der Waals surface area contributed by atoms with Gasteiger partial charge in [0.15, 0.2) is 5.69 Å². The highest BCUT2D eigenvalue weighted by molar-refractivity contribution is 5.91. The van der Waals surface area contributed by atoms with Crippen molar-refractivity contribution >= 4 is 16.6 Å². The molecule has 2 aromatic carbocycles. The summed E-state index contributed by atoms with van der Waals surface area (Å²) in [7, 11) is 0. The highest BCUT2D eigenvalue weighted by Gasteiger charge is 2.23. The molecule has 1 aliphatic carbocycles. The Labute approximate surface area is 131 Å². The molecule has 22 heavy (non-hydrogen) atoms. The second-order valence-electron chi connectivity index (χ2n) is 6.02. The standard InChI is InChI=1S/C20H20N2/c1-2-7-15(8-3-1)13-14-21-20-16-9-4-5-11-18(16)22-19-12-6-10-17(19)20/h1-5,7-9,11H,6,10,12-14H2,(H,21,22)/p+1. The molecule has 0 aliphatic heterocycles. The topological polar surface area (TPSA) is 26.2 Å². The molecule has 1 aliphatic rings. The minimum atomic E-state index is 0.977. The molecule has 4 rings (SSSR count). The zero-order valence-electron chi connectivity index (χ0n) is 12.7. The third kappa shape index (κ3) is 2.45. The summed E-state index contributed by atoms with van der Waals surface area (Å²) in [4.78, 5) is 3.62. The summed E-state index contributed by atoms with van der Waals surface area (Å²) >= 11 is 0. The molecule has 0 fully saturated rings. The van der Waals surface area contributed by atoms with Crippen LogP contribution in [-0.2, 0) is 19.3 Å². The van der Waals surface area contributed by atoms with Crippen molar-refractivity contribution in [2.24, 2.45) is 0 Å². The largest absolute Gasteiger partial charge is 0.384 e. The van der Waals surface area contributed by atoms with Gasteiger partial charge in [0.1, 0.15) is 0 Å². The molecule has 0 bridgehead atoms. The second kappa shape index (κ2) is 5.80. The lowest BCUT2D eigenvalue weighted by atomic mass is 10.1. The lowest BCUT2D eigenvalue weighted by Gasteiger charge is -2.12. The number of hydrogen-bond donors (Lipinski definition) is 1. The van der Waals surface area contributed by atoms with E-state index >= 15 is 0 Å². The van der Waals surface area contributed by atoms with Crippen molar-refractivity contribution in [1.29, 1.82) is 0 Å². The summed E-state index contributed by atoms with van der Waals surface area (Å²) in [5.41, 5.74) is 6.88. The molecular weight excluding hydrogens is 268 g/mol. The van der Waals surface area contributed by atoms with Crippen LogP contribution in [0.2, 0.25) is 0 Å². The van der Waals surface area contributed by atoms with Gasteiger partial charge in [-0.05, 0) is 30.9 Å². The predicted octanol–water partition coefficient (Wildman–Crippen LogP) is 3.80. The van der Waals surface area contributed by atoms with Crippen molar-refractivity contribution in [3.63, 3.8) is 0 Å². The number of rotatable bonds is 4. The SMILES string of the molecule is c1ccc(CCNc2c3c([nH+]c4ccccc24)CCC3)cc1. The smallest absolute Gasteiger partial charge is 0.213 e. The Morgan fingerprint density at radius 2 is 1.73 bits per heavy atom. The lowest BCUT2D eigenvalue weighted by Crippen LogP contribution is -2.16.